The molecule has 1 spiro atoms. The van der Waals surface area contributed by atoms with Crippen LogP contribution >= 0.6 is 12.4 Å². The molecule has 5 aliphatic heterocycles. The molecule has 14 nitrogen and oxygen atoms in total. The molecule has 9 rings (SSSR count). The van der Waals surface area contributed by atoms with E-state index in [9.17, 15) is 20.1 Å². The van der Waals surface area contributed by atoms with E-state index in [0.717, 1.165) is 33.4 Å². The van der Waals surface area contributed by atoms with E-state index in [2.05, 4.69) is 32.2 Å². The zero-order chi connectivity index (χ0) is 43.3. The molecule has 62 heavy (non-hydrogen) atoms. The lowest BCUT2D eigenvalue weighted by molar-refractivity contribution is -0.203. The molecule has 336 valence electrons. The molecule has 6 heterocycles. The number of benzene rings is 2. The Morgan fingerprint density at radius 1 is 1.02 bits per heavy atom. The van der Waals surface area contributed by atoms with Crippen LogP contribution in [0.4, 0.5) is 5.69 Å². The van der Waals surface area contributed by atoms with E-state index >= 15 is 4.79 Å². The zero-order valence-electron chi connectivity index (χ0n) is 36.8. The molecule has 2 saturated heterocycles. The van der Waals surface area contributed by atoms with Crippen LogP contribution in [0.3, 0.4) is 0 Å². The molecule has 1 aromatic heterocycles. The summed E-state index contributed by atoms with van der Waals surface area (Å²) in [6.45, 7) is 7.37. The van der Waals surface area contributed by atoms with Crippen LogP contribution < -0.4 is 15.0 Å². The van der Waals surface area contributed by atoms with E-state index in [1.807, 2.05) is 62.2 Å². The first-order valence-electron chi connectivity index (χ1n) is 22.0. The van der Waals surface area contributed by atoms with Crippen molar-refractivity contribution < 1.29 is 39.1 Å². The maximum atomic E-state index is 15.4. The van der Waals surface area contributed by atoms with Crippen LogP contribution in [0.1, 0.15) is 74.8 Å². The highest BCUT2D eigenvalue weighted by atomic mass is 35.5. The van der Waals surface area contributed by atoms with Crippen molar-refractivity contribution in [3.63, 3.8) is 0 Å². The molecule has 6 aliphatic rings. The Morgan fingerprint density at radius 3 is 2.50 bits per heavy atom. The predicted octanol–water partition coefficient (Wildman–Crippen LogP) is 3.80. The van der Waals surface area contributed by atoms with Crippen molar-refractivity contribution in [2.45, 2.75) is 99.0 Å². The second kappa shape index (κ2) is 15.8. The molecule has 15 heteroatoms. The number of nitrogens with one attached hydrogen (secondary N) is 3. The number of aromatic nitrogens is 1. The van der Waals surface area contributed by atoms with E-state index in [-0.39, 0.29) is 43.2 Å². The second-order valence-corrected chi connectivity index (χ2v) is 18.8. The summed E-state index contributed by atoms with van der Waals surface area (Å²) >= 11 is 0. The number of hydrogen-bond donors (Lipinski definition) is 6. The molecule has 0 radical (unpaired) electrons. The summed E-state index contributed by atoms with van der Waals surface area (Å²) in [6, 6.07) is 11.0. The number of anilines is 1. The number of hydrogen-bond acceptors (Lipinski definition) is 12. The van der Waals surface area contributed by atoms with Crippen molar-refractivity contribution >= 4 is 46.8 Å². The van der Waals surface area contributed by atoms with Gasteiger partial charge in [0.2, 0.25) is 0 Å². The minimum Gasteiger partial charge on any atom is -0.496 e. The van der Waals surface area contributed by atoms with Crippen molar-refractivity contribution in [1.82, 2.24) is 20.1 Å². The van der Waals surface area contributed by atoms with Gasteiger partial charge in [-0.3, -0.25) is 24.8 Å². The second-order valence-electron chi connectivity index (χ2n) is 18.8. The molecule has 6 N–H and O–H groups in total. The molecular formula is C47H63ClN6O8. The smallest absolute Gasteiger partial charge is 0.322 e. The first-order chi connectivity index (χ1) is 29.2. The van der Waals surface area contributed by atoms with Crippen molar-refractivity contribution in [2.75, 3.05) is 72.5 Å². The fourth-order valence-corrected chi connectivity index (χ4v) is 13.6. The maximum absolute atomic E-state index is 15.4. The average molecular weight is 876 g/mol. The van der Waals surface area contributed by atoms with Gasteiger partial charge in [-0.25, -0.2) is 0 Å². The van der Waals surface area contributed by atoms with Crippen LogP contribution in [0.25, 0.3) is 10.9 Å². The summed E-state index contributed by atoms with van der Waals surface area (Å²) in [5.74, 6) is -0.795. The number of piperidine rings is 1. The summed E-state index contributed by atoms with van der Waals surface area (Å²) < 4.78 is 17.4. The molecule has 1 amide bonds. The van der Waals surface area contributed by atoms with Gasteiger partial charge in [0.15, 0.2) is 11.5 Å². The van der Waals surface area contributed by atoms with E-state index in [4.69, 9.17) is 19.6 Å². The molecule has 1 unspecified atom stereocenters. The number of fused-ring (bicyclic) bond motifs is 6. The van der Waals surface area contributed by atoms with Crippen LogP contribution in [0.2, 0.25) is 0 Å². The molecule has 3 fully saturated rings. The summed E-state index contributed by atoms with van der Waals surface area (Å²) in [5.41, 5.74) is -1.64. The molecule has 1 saturated carbocycles. The Balaban J connectivity index is 0.00000529. The van der Waals surface area contributed by atoms with Gasteiger partial charge in [0.05, 0.1) is 33.0 Å². The number of H-pyrrole nitrogens is 1. The highest BCUT2D eigenvalue weighted by Gasteiger charge is 2.78. The lowest BCUT2D eigenvalue weighted by Gasteiger charge is -2.63. The van der Waals surface area contributed by atoms with E-state index in [1.54, 1.807) is 7.11 Å². The molecule has 2 aromatic carbocycles. The zero-order valence-corrected chi connectivity index (χ0v) is 37.6. The van der Waals surface area contributed by atoms with Crippen LogP contribution in [0.5, 0.6) is 5.75 Å². The first kappa shape index (κ1) is 44.4. The SMILES string of the molecule is CC[C@]1(O)C[C@H]2CN(CCc3c([nH]c4ccccc34)[C@@](C(=O)OC)(c3cc4c(cc3OC)N(C)[C@H]3[C@@](O)(C(=O)NCCC(=N)OC)[C@H](O)[C@]5(CC)C=CCN6CC[C@]43[C@@H]65)C2)C1.Cl. The number of carbonyl (C=O) groups is 2. The molecule has 1 aliphatic carbocycles. The van der Waals surface area contributed by atoms with Crippen molar-refractivity contribution in [1.29, 1.82) is 5.41 Å². The third-order valence-corrected chi connectivity index (χ3v) is 16.1. The first-order valence-corrected chi connectivity index (χ1v) is 22.0. The average Bonchev–Trinajstić information content (AvgIpc) is 3.93. The minimum absolute atomic E-state index is 0. The molecule has 3 aromatic rings. The van der Waals surface area contributed by atoms with Gasteiger partial charge in [-0.05, 0) is 74.2 Å². The highest BCUT2D eigenvalue weighted by molar-refractivity contribution is 5.95. The number of carbonyl (C=O) groups excluding carboxylic acids is 2. The Labute approximate surface area is 369 Å². The summed E-state index contributed by atoms with van der Waals surface area (Å²) in [7, 11) is 6.32. The number of aromatic amines is 1. The maximum Gasteiger partial charge on any atom is 0.322 e. The van der Waals surface area contributed by atoms with Gasteiger partial charge in [0.1, 0.15) is 17.3 Å². The number of aliphatic hydroxyl groups is 3. The highest BCUT2D eigenvalue weighted by Crippen LogP contribution is 2.67. The summed E-state index contributed by atoms with van der Waals surface area (Å²) in [5, 5.41) is 50.0. The van der Waals surface area contributed by atoms with Gasteiger partial charge < -0.3 is 44.7 Å². The Morgan fingerprint density at radius 2 is 1.79 bits per heavy atom. The number of halogens is 1. The lowest BCUT2D eigenvalue weighted by atomic mass is 9.47. The van der Waals surface area contributed by atoms with Crippen LogP contribution in [0.15, 0.2) is 48.6 Å². The van der Waals surface area contributed by atoms with E-state index in [0.29, 0.717) is 82.6 Å². The number of aliphatic hydroxyl groups excluding tert-OH is 1. The monoisotopic (exact) mass is 874 g/mol. The molecule has 2 bridgehead atoms. The standard InChI is InChI=1S/C47H62N6O8.ClH/c1-7-43(57)24-28-25-46(42(56)61-6,37-30(15-20-52(26-28)27-43)29-12-9-10-13-33(29)50-37)32-22-31-34(23-35(32)59-4)51(3)39-45(31)17-21-53-19-11-16-44(8-2,38(45)53)40(54)47(39,58)41(55)49-18-14-36(48)60-5;/h9-13,16,22-23,28,38-40,48,50,54,57-58H,7-8,14-15,17-21,24-27H2,1-6H3,(H,49,55);1H/t28-,38+,39-,40-,43+,44-,45-,46+,47+;/m1./s1. The van der Waals surface area contributed by atoms with Gasteiger partial charge in [-0.1, -0.05) is 44.2 Å². The van der Waals surface area contributed by atoms with Gasteiger partial charge in [-0.2, -0.15) is 0 Å². The van der Waals surface area contributed by atoms with Crippen molar-refractivity contribution in [2.24, 2.45) is 11.3 Å². The third kappa shape index (κ3) is 5.96. The third-order valence-electron chi connectivity index (χ3n) is 16.1. The Hall–Kier alpha value is -4.18. The number of likely N-dealkylation sites (N-methyl/N-ethyl adjacent to an activating group) is 1. The van der Waals surface area contributed by atoms with Gasteiger partial charge in [0.25, 0.3) is 5.91 Å². The number of ether oxygens (including phenoxy) is 3. The lowest BCUT2D eigenvalue weighted by Crippen LogP contribution is -2.81. The topological polar surface area (TPSA) is 184 Å². The van der Waals surface area contributed by atoms with Gasteiger partial charge in [-0.15, -0.1) is 12.4 Å². The molecular weight excluding hydrogens is 812 g/mol. The Bertz CT molecular complexity index is 2300. The number of nitrogens with zero attached hydrogens (tertiary/aromatic N) is 3. The van der Waals surface area contributed by atoms with Crippen LogP contribution in [-0.4, -0.2) is 145 Å². The van der Waals surface area contributed by atoms with Crippen LogP contribution in [-0.2, 0) is 36.3 Å². The van der Waals surface area contributed by atoms with Crippen molar-refractivity contribution in [3.8, 4) is 5.75 Å². The number of rotatable bonds is 9. The van der Waals surface area contributed by atoms with E-state index in [1.165, 1.54) is 14.2 Å². The largest absolute Gasteiger partial charge is 0.496 e. The van der Waals surface area contributed by atoms with E-state index < -0.39 is 51.5 Å². The summed E-state index contributed by atoms with van der Waals surface area (Å²) in [6.07, 6.45) is 5.81. The number of para-hydroxylation sites is 1. The Kier molecular flexibility index (Phi) is 11.3. The number of amides is 1. The molecule has 10 atom stereocenters. The normalized spacial score (nSPS) is 35.6. The predicted molar refractivity (Wildman–Crippen MR) is 238 cm³/mol. The van der Waals surface area contributed by atoms with Gasteiger partial charge >= 0.3 is 5.97 Å². The quantitative estimate of drug-likeness (QED) is 0.0797. The summed E-state index contributed by atoms with van der Waals surface area (Å²) in [4.78, 5) is 40.5. The fourth-order valence-electron chi connectivity index (χ4n) is 13.6. The minimum atomic E-state index is -2.31. The number of methoxy groups -OCH3 is 3. The number of esters is 1. The van der Waals surface area contributed by atoms with Gasteiger partial charge in [0, 0.05) is 97.0 Å². The fraction of sp³-hybridized carbons (Fsp3) is 0.596. The van der Waals surface area contributed by atoms with Crippen LogP contribution in [0, 0.1) is 16.7 Å². The van der Waals surface area contributed by atoms with Crippen molar-refractivity contribution in [3.05, 3.63) is 70.9 Å².